The molecule has 0 N–H and O–H groups in total. The van der Waals surface area contributed by atoms with E-state index in [1.54, 1.807) is 0 Å². The minimum Gasteiger partial charge on any atom is -0.208 e. The SMILES string of the molecule is c1ccc2cc(-c3ccc(-c4nc(-c5ccc(-c6ccc7ccccc7c6)cc5)nc(-c5ccc(-c6ccc7ccccc7c6)c6ccccc56)n4)cc3)ccc2c1. The van der Waals surface area contributed by atoms with E-state index >= 15 is 0 Å². The largest absolute Gasteiger partial charge is 0.208 e. The van der Waals surface area contributed by atoms with E-state index in [1.165, 1.54) is 54.6 Å². The quantitative estimate of drug-likeness (QED) is 0.171. The van der Waals surface area contributed by atoms with Crippen LogP contribution in [0.5, 0.6) is 0 Å². The lowest BCUT2D eigenvalue weighted by Gasteiger charge is -2.14. The van der Waals surface area contributed by atoms with E-state index in [2.05, 4.69) is 212 Å². The van der Waals surface area contributed by atoms with Gasteiger partial charge in [0.2, 0.25) is 0 Å². The molecule has 3 nitrogen and oxygen atoms in total. The van der Waals surface area contributed by atoms with Gasteiger partial charge in [0.05, 0.1) is 0 Å². The summed E-state index contributed by atoms with van der Waals surface area (Å²) < 4.78 is 0. The summed E-state index contributed by atoms with van der Waals surface area (Å²) in [7, 11) is 0. The van der Waals surface area contributed by atoms with Crippen molar-refractivity contribution in [3.8, 4) is 67.5 Å². The molecule has 11 aromatic rings. The van der Waals surface area contributed by atoms with Crippen molar-refractivity contribution in [2.45, 2.75) is 0 Å². The molecule has 0 aliphatic rings. The first-order valence-electron chi connectivity index (χ1n) is 19.7. The molecule has 11 rings (SSSR count). The summed E-state index contributed by atoms with van der Waals surface area (Å²) in [4.78, 5) is 15.6. The van der Waals surface area contributed by atoms with Crippen molar-refractivity contribution in [3.05, 3.63) is 212 Å². The molecule has 0 fully saturated rings. The fourth-order valence-electron chi connectivity index (χ4n) is 8.22. The summed E-state index contributed by atoms with van der Waals surface area (Å²) in [6.45, 7) is 0. The fourth-order valence-corrected chi connectivity index (χ4v) is 8.22. The maximum Gasteiger partial charge on any atom is 0.164 e. The summed E-state index contributed by atoms with van der Waals surface area (Å²) in [5.74, 6) is 1.90. The Hall–Kier alpha value is -7.75. The molecule has 0 aliphatic heterocycles. The molecule has 0 saturated carbocycles. The third-order valence-electron chi connectivity index (χ3n) is 11.3. The number of hydrogen-bond acceptors (Lipinski definition) is 3. The molecule has 270 valence electrons. The highest BCUT2D eigenvalue weighted by Gasteiger charge is 2.17. The van der Waals surface area contributed by atoms with Crippen LogP contribution in [0.25, 0.3) is 111 Å². The average Bonchev–Trinajstić information content (AvgIpc) is 3.30. The van der Waals surface area contributed by atoms with Crippen molar-refractivity contribution in [1.82, 2.24) is 15.0 Å². The van der Waals surface area contributed by atoms with E-state index in [1.807, 2.05) is 0 Å². The predicted molar refractivity (Wildman–Crippen MR) is 242 cm³/mol. The second-order valence-electron chi connectivity index (χ2n) is 14.9. The van der Waals surface area contributed by atoms with Gasteiger partial charge in [0.15, 0.2) is 17.5 Å². The van der Waals surface area contributed by atoms with Gasteiger partial charge in [-0.15, -0.1) is 0 Å². The number of hydrogen-bond donors (Lipinski definition) is 0. The fraction of sp³-hybridized carbons (Fsp3) is 0. The molecule has 58 heavy (non-hydrogen) atoms. The lowest BCUT2D eigenvalue weighted by atomic mass is 9.93. The number of nitrogens with zero attached hydrogens (tertiary/aromatic N) is 3. The molecule has 1 heterocycles. The van der Waals surface area contributed by atoms with Crippen LogP contribution in [0.3, 0.4) is 0 Å². The second kappa shape index (κ2) is 14.1. The monoisotopic (exact) mass is 737 g/mol. The van der Waals surface area contributed by atoms with Crippen LogP contribution in [0.2, 0.25) is 0 Å². The number of aromatic nitrogens is 3. The van der Waals surface area contributed by atoms with Crippen LogP contribution in [0, 0.1) is 0 Å². The minimum absolute atomic E-state index is 0.631. The molecular formula is C55H35N3. The van der Waals surface area contributed by atoms with Gasteiger partial charge in [-0.05, 0) is 101 Å². The van der Waals surface area contributed by atoms with Crippen LogP contribution in [-0.2, 0) is 0 Å². The Morgan fingerprint density at radius 2 is 0.534 bits per heavy atom. The third kappa shape index (κ3) is 6.16. The lowest BCUT2D eigenvalue weighted by Crippen LogP contribution is -2.01. The number of rotatable bonds is 6. The maximum atomic E-state index is 5.21. The summed E-state index contributed by atoms with van der Waals surface area (Å²) in [6.07, 6.45) is 0. The van der Waals surface area contributed by atoms with Crippen LogP contribution >= 0.6 is 0 Å². The lowest BCUT2D eigenvalue weighted by molar-refractivity contribution is 1.08. The zero-order valence-electron chi connectivity index (χ0n) is 31.5. The minimum atomic E-state index is 0.631. The normalized spacial score (nSPS) is 11.4. The third-order valence-corrected chi connectivity index (χ3v) is 11.3. The predicted octanol–water partition coefficient (Wildman–Crippen LogP) is 14.5. The zero-order valence-corrected chi connectivity index (χ0v) is 31.5. The molecule has 0 spiro atoms. The van der Waals surface area contributed by atoms with Gasteiger partial charge in [0, 0.05) is 16.7 Å². The van der Waals surface area contributed by atoms with Gasteiger partial charge in [0.25, 0.3) is 0 Å². The molecule has 0 unspecified atom stereocenters. The van der Waals surface area contributed by atoms with Crippen LogP contribution in [0.4, 0.5) is 0 Å². The maximum absolute atomic E-state index is 5.21. The molecule has 10 aromatic carbocycles. The van der Waals surface area contributed by atoms with Crippen molar-refractivity contribution >= 4 is 43.1 Å². The summed E-state index contributed by atoms with van der Waals surface area (Å²) in [5, 5.41) is 9.61. The van der Waals surface area contributed by atoms with E-state index < -0.39 is 0 Å². The summed E-state index contributed by atoms with van der Waals surface area (Å²) in [5.41, 5.74) is 9.81. The Bertz CT molecular complexity index is 3190. The number of fused-ring (bicyclic) bond motifs is 4. The van der Waals surface area contributed by atoms with Gasteiger partial charge < -0.3 is 0 Å². The summed E-state index contributed by atoms with van der Waals surface area (Å²) >= 11 is 0. The molecule has 0 saturated heterocycles. The molecular weight excluding hydrogens is 703 g/mol. The van der Waals surface area contributed by atoms with Crippen molar-refractivity contribution in [3.63, 3.8) is 0 Å². The van der Waals surface area contributed by atoms with Crippen LogP contribution in [0.15, 0.2) is 212 Å². The van der Waals surface area contributed by atoms with E-state index in [4.69, 9.17) is 15.0 Å². The molecule has 0 amide bonds. The first kappa shape index (κ1) is 33.6. The van der Waals surface area contributed by atoms with Crippen molar-refractivity contribution in [2.75, 3.05) is 0 Å². The van der Waals surface area contributed by atoms with Crippen molar-refractivity contribution in [1.29, 1.82) is 0 Å². The molecule has 0 radical (unpaired) electrons. The van der Waals surface area contributed by atoms with Gasteiger partial charge >= 0.3 is 0 Å². The van der Waals surface area contributed by atoms with Crippen LogP contribution in [-0.4, -0.2) is 15.0 Å². The first-order chi connectivity index (χ1) is 28.7. The average molecular weight is 738 g/mol. The van der Waals surface area contributed by atoms with Crippen LogP contribution < -0.4 is 0 Å². The Balaban J connectivity index is 1.03. The highest BCUT2D eigenvalue weighted by Crippen LogP contribution is 2.37. The Morgan fingerprint density at radius 1 is 0.207 bits per heavy atom. The highest BCUT2D eigenvalue weighted by atomic mass is 15.0. The topological polar surface area (TPSA) is 38.7 Å². The van der Waals surface area contributed by atoms with Crippen molar-refractivity contribution in [2.24, 2.45) is 0 Å². The zero-order chi connectivity index (χ0) is 38.4. The number of benzene rings is 10. The molecule has 3 heteroatoms. The van der Waals surface area contributed by atoms with E-state index in [9.17, 15) is 0 Å². The molecule has 0 atom stereocenters. The van der Waals surface area contributed by atoms with E-state index in [0.717, 1.165) is 38.6 Å². The van der Waals surface area contributed by atoms with E-state index in [-0.39, 0.29) is 0 Å². The molecule has 1 aromatic heterocycles. The molecule has 0 bridgehead atoms. The Kier molecular flexibility index (Phi) is 8.15. The second-order valence-corrected chi connectivity index (χ2v) is 14.9. The standard InChI is InChI=1S/C55H35N3/c1-4-12-43-33-46(28-21-36(43)9-1)39-17-24-41(25-18-39)53-56-54(42-26-19-40(20-27-42)47-29-22-37-10-2-5-13-44(37)34-47)58-55(57-53)52-32-31-49(50-15-7-8-16-51(50)52)48-30-23-38-11-3-6-14-45(38)35-48/h1-35H. The summed E-state index contributed by atoms with van der Waals surface area (Å²) in [6, 6.07) is 75.5. The Morgan fingerprint density at radius 3 is 1.02 bits per heavy atom. The van der Waals surface area contributed by atoms with Gasteiger partial charge in [-0.25, -0.2) is 15.0 Å². The van der Waals surface area contributed by atoms with Crippen molar-refractivity contribution < 1.29 is 0 Å². The van der Waals surface area contributed by atoms with Gasteiger partial charge in [0.1, 0.15) is 0 Å². The van der Waals surface area contributed by atoms with Gasteiger partial charge in [-0.3, -0.25) is 0 Å². The van der Waals surface area contributed by atoms with Gasteiger partial charge in [-0.2, -0.15) is 0 Å². The van der Waals surface area contributed by atoms with Crippen LogP contribution in [0.1, 0.15) is 0 Å². The smallest absolute Gasteiger partial charge is 0.164 e. The van der Waals surface area contributed by atoms with Gasteiger partial charge in [-0.1, -0.05) is 188 Å². The first-order valence-corrected chi connectivity index (χ1v) is 19.7. The van der Waals surface area contributed by atoms with E-state index in [0.29, 0.717) is 17.5 Å². The highest BCUT2D eigenvalue weighted by molar-refractivity contribution is 6.05. The molecule has 0 aliphatic carbocycles. The Labute approximate surface area is 336 Å².